The lowest BCUT2D eigenvalue weighted by molar-refractivity contribution is -0.125. The molecule has 1 fully saturated rings. The van der Waals surface area contributed by atoms with Gasteiger partial charge in [0.05, 0.1) is 15.8 Å². The molecule has 1 amide bonds. The highest BCUT2D eigenvalue weighted by Gasteiger charge is 2.38. The summed E-state index contributed by atoms with van der Waals surface area (Å²) in [5.74, 6) is -0.0976. The van der Waals surface area contributed by atoms with Gasteiger partial charge in [0.2, 0.25) is 5.91 Å². The second kappa shape index (κ2) is 8.12. The number of rotatable bonds is 6. The lowest BCUT2D eigenvalue weighted by Gasteiger charge is -2.14. The molecule has 1 atom stereocenters. The number of fused-ring (bicyclic) bond motifs is 1. The Kier molecular flexibility index (Phi) is 5.41. The minimum atomic E-state index is -0.455. The molecule has 0 bridgehead atoms. The summed E-state index contributed by atoms with van der Waals surface area (Å²) >= 11 is 2.76. The fourth-order valence-electron chi connectivity index (χ4n) is 3.14. The van der Waals surface area contributed by atoms with Gasteiger partial charge in [0.1, 0.15) is 0 Å². The Labute approximate surface area is 171 Å². The van der Waals surface area contributed by atoms with Crippen LogP contribution in [0.1, 0.15) is 16.1 Å². The smallest absolute Gasteiger partial charge is 0.242 e. The molecule has 1 saturated heterocycles. The number of amides is 1. The van der Waals surface area contributed by atoms with E-state index in [0.29, 0.717) is 16.6 Å². The molecule has 28 heavy (non-hydrogen) atoms. The van der Waals surface area contributed by atoms with Crippen LogP contribution in [0.3, 0.4) is 0 Å². The third-order valence-electron chi connectivity index (χ3n) is 4.48. The van der Waals surface area contributed by atoms with Crippen LogP contribution in [-0.2, 0) is 4.79 Å². The molecule has 2 aromatic carbocycles. The van der Waals surface area contributed by atoms with Gasteiger partial charge in [0, 0.05) is 18.4 Å². The van der Waals surface area contributed by atoms with Crippen molar-refractivity contribution in [3.63, 3.8) is 0 Å². The summed E-state index contributed by atoms with van der Waals surface area (Å²) in [6.07, 6.45) is 1.85. The molecular formula is C22H18N2O2S2. The van der Waals surface area contributed by atoms with Crippen molar-refractivity contribution in [2.75, 3.05) is 6.54 Å². The Bertz CT molecular complexity index is 1070. The predicted octanol–water partition coefficient (Wildman–Crippen LogP) is 5.29. The molecule has 0 radical (unpaired) electrons. The average Bonchev–Trinajstić information content (AvgIpc) is 3.34. The molecule has 1 aliphatic heterocycles. The maximum Gasteiger partial charge on any atom is 0.242 e. The Morgan fingerprint density at radius 1 is 1.14 bits per heavy atom. The van der Waals surface area contributed by atoms with Crippen molar-refractivity contribution < 1.29 is 9.59 Å². The molecule has 1 aromatic heterocycles. The molecule has 140 valence electrons. The largest absolute Gasteiger partial charge is 0.293 e. The molecule has 1 aliphatic rings. The van der Waals surface area contributed by atoms with Gasteiger partial charge in [-0.1, -0.05) is 60.3 Å². The minimum Gasteiger partial charge on any atom is -0.293 e. The minimum absolute atomic E-state index is 0.00851. The van der Waals surface area contributed by atoms with Crippen molar-refractivity contribution in [2.24, 2.45) is 4.99 Å². The normalized spacial score (nSPS) is 18.1. The van der Waals surface area contributed by atoms with Crippen molar-refractivity contribution in [1.29, 1.82) is 0 Å². The first-order chi connectivity index (χ1) is 13.7. The van der Waals surface area contributed by atoms with Crippen LogP contribution in [0.2, 0.25) is 0 Å². The summed E-state index contributed by atoms with van der Waals surface area (Å²) in [4.78, 5) is 32.5. The van der Waals surface area contributed by atoms with E-state index in [1.807, 2.05) is 53.9 Å². The zero-order valence-corrected chi connectivity index (χ0v) is 16.7. The fourth-order valence-corrected chi connectivity index (χ4v) is 4.97. The van der Waals surface area contributed by atoms with Crippen molar-refractivity contribution in [2.45, 2.75) is 11.7 Å². The third-order valence-corrected chi connectivity index (χ3v) is 6.57. The third kappa shape index (κ3) is 3.66. The van der Waals surface area contributed by atoms with E-state index in [2.05, 4.69) is 6.58 Å². The van der Waals surface area contributed by atoms with Gasteiger partial charge in [-0.3, -0.25) is 14.5 Å². The van der Waals surface area contributed by atoms with E-state index in [1.54, 1.807) is 17.0 Å². The lowest BCUT2D eigenvalue weighted by atomic mass is 10.1. The van der Waals surface area contributed by atoms with Gasteiger partial charge in [0.25, 0.3) is 0 Å². The zero-order chi connectivity index (χ0) is 19.5. The van der Waals surface area contributed by atoms with Gasteiger partial charge in [-0.25, -0.2) is 4.99 Å². The maximum atomic E-state index is 12.9. The number of amidine groups is 1. The van der Waals surface area contributed by atoms with Crippen molar-refractivity contribution >= 4 is 56.4 Å². The van der Waals surface area contributed by atoms with Gasteiger partial charge in [-0.2, -0.15) is 0 Å². The Balaban J connectivity index is 1.65. The second-order valence-electron chi connectivity index (χ2n) is 6.34. The zero-order valence-electron chi connectivity index (χ0n) is 15.1. The van der Waals surface area contributed by atoms with Crippen LogP contribution >= 0.6 is 23.1 Å². The molecule has 0 saturated carbocycles. The highest BCUT2D eigenvalue weighted by atomic mass is 32.2. The predicted molar refractivity (Wildman–Crippen MR) is 118 cm³/mol. The van der Waals surface area contributed by atoms with Crippen LogP contribution in [0.25, 0.3) is 10.8 Å². The average molecular weight is 407 g/mol. The van der Waals surface area contributed by atoms with Crippen molar-refractivity contribution in [3.8, 4) is 0 Å². The number of thiophene rings is 1. The van der Waals surface area contributed by atoms with Gasteiger partial charge < -0.3 is 0 Å². The van der Waals surface area contributed by atoms with E-state index in [1.165, 1.54) is 23.1 Å². The topological polar surface area (TPSA) is 49.7 Å². The first-order valence-corrected chi connectivity index (χ1v) is 10.7. The number of benzene rings is 2. The monoisotopic (exact) mass is 406 g/mol. The van der Waals surface area contributed by atoms with Gasteiger partial charge in [0.15, 0.2) is 11.0 Å². The first-order valence-electron chi connectivity index (χ1n) is 8.89. The Morgan fingerprint density at radius 2 is 1.96 bits per heavy atom. The quantitative estimate of drug-likeness (QED) is 0.413. The number of hydrogen-bond acceptors (Lipinski definition) is 5. The Hall–Kier alpha value is -2.70. The van der Waals surface area contributed by atoms with Crippen LogP contribution in [0, 0.1) is 0 Å². The van der Waals surface area contributed by atoms with Crippen LogP contribution in [0.5, 0.6) is 0 Å². The number of ketones is 1. The maximum absolute atomic E-state index is 12.9. The van der Waals surface area contributed by atoms with Gasteiger partial charge >= 0.3 is 0 Å². The Morgan fingerprint density at radius 3 is 2.75 bits per heavy atom. The summed E-state index contributed by atoms with van der Waals surface area (Å²) in [7, 11) is 0. The van der Waals surface area contributed by atoms with Crippen LogP contribution in [0.15, 0.2) is 77.6 Å². The molecule has 4 nitrogen and oxygen atoms in total. The molecular weight excluding hydrogens is 388 g/mol. The standard InChI is InChI=1S/C22H18N2O2S2/c1-2-12-24-21(26)20(14-18(25)19-11-6-13-27-19)28-22(24)23-17-10-5-8-15-7-3-4-9-16(15)17/h2-11,13,20H,1,12,14H2/t20-/m1/s1. The SMILES string of the molecule is C=CCN1C(=O)[C@@H](CC(=O)c2cccs2)SC1=Nc1cccc2ccccc12. The number of aliphatic imine (C=N–C) groups is 1. The van der Waals surface area contributed by atoms with E-state index in [-0.39, 0.29) is 18.1 Å². The number of thioether (sulfide) groups is 1. The summed E-state index contributed by atoms with van der Waals surface area (Å²) in [5.41, 5.74) is 0.813. The number of carbonyl (C=O) groups is 2. The van der Waals surface area contributed by atoms with Crippen LogP contribution in [-0.4, -0.2) is 33.6 Å². The number of carbonyl (C=O) groups excluding carboxylic acids is 2. The van der Waals surface area contributed by atoms with E-state index in [0.717, 1.165) is 16.5 Å². The second-order valence-corrected chi connectivity index (χ2v) is 8.46. The molecule has 0 aliphatic carbocycles. The number of hydrogen-bond donors (Lipinski definition) is 0. The van der Waals surface area contributed by atoms with E-state index >= 15 is 0 Å². The van der Waals surface area contributed by atoms with Gasteiger partial charge in [-0.05, 0) is 22.9 Å². The van der Waals surface area contributed by atoms with E-state index in [4.69, 9.17) is 4.99 Å². The molecule has 4 rings (SSSR count). The molecule has 6 heteroatoms. The van der Waals surface area contributed by atoms with Crippen LogP contribution < -0.4 is 0 Å². The van der Waals surface area contributed by atoms with Crippen LogP contribution in [0.4, 0.5) is 5.69 Å². The summed E-state index contributed by atoms with van der Waals surface area (Å²) in [6.45, 7) is 4.13. The number of Topliss-reactive ketones (excluding diaryl/α,β-unsaturated/α-hetero) is 1. The lowest BCUT2D eigenvalue weighted by Crippen LogP contribution is -2.32. The highest BCUT2D eigenvalue weighted by Crippen LogP contribution is 2.34. The highest BCUT2D eigenvalue weighted by molar-refractivity contribution is 8.15. The fraction of sp³-hybridized carbons (Fsp3) is 0.136. The van der Waals surface area contributed by atoms with Crippen molar-refractivity contribution in [3.05, 3.63) is 77.5 Å². The van der Waals surface area contributed by atoms with E-state index in [9.17, 15) is 9.59 Å². The van der Waals surface area contributed by atoms with Crippen molar-refractivity contribution in [1.82, 2.24) is 4.90 Å². The van der Waals surface area contributed by atoms with Gasteiger partial charge in [-0.15, -0.1) is 17.9 Å². The summed E-state index contributed by atoms with van der Waals surface area (Å²) < 4.78 is 0. The molecule has 3 aromatic rings. The molecule has 0 N–H and O–H groups in total. The molecule has 0 unspecified atom stereocenters. The first kappa shape index (κ1) is 18.7. The van der Waals surface area contributed by atoms with E-state index < -0.39 is 5.25 Å². The summed E-state index contributed by atoms with van der Waals surface area (Å²) in [5, 5.41) is 4.16. The number of nitrogens with zero attached hydrogens (tertiary/aromatic N) is 2. The summed E-state index contributed by atoms with van der Waals surface area (Å²) in [6, 6.07) is 17.6. The molecule has 0 spiro atoms. The molecule has 2 heterocycles.